The first-order chi connectivity index (χ1) is 16.4. The van der Waals surface area contributed by atoms with Crippen LogP contribution < -0.4 is 16.0 Å². The van der Waals surface area contributed by atoms with Crippen LogP contribution in [0.4, 0.5) is 10.5 Å². The molecular formula is C26H31N5O3. The summed E-state index contributed by atoms with van der Waals surface area (Å²) >= 11 is 0. The molecule has 4 rings (SSSR count). The van der Waals surface area contributed by atoms with Crippen LogP contribution in [0.3, 0.4) is 0 Å². The lowest BCUT2D eigenvalue weighted by Crippen LogP contribution is -2.41. The van der Waals surface area contributed by atoms with Gasteiger partial charge in [-0.15, -0.1) is 0 Å². The van der Waals surface area contributed by atoms with Gasteiger partial charge in [-0.25, -0.2) is 9.78 Å². The molecule has 0 radical (unpaired) electrons. The van der Waals surface area contributed by atoms with E-state index in [1.54, 1.807) is 18.3 Å². The maximum Gasteiger partial charge on any atom is 0.319 e. The number of hydrogen-bond donors (Lipinski definition) is 5. The first kappa shape index (κ1) is 23.5. The van der Waals surface area contributed by atoms with Gasteiger partial charge in [0, 0.05) is 42.0 Å². The molecule has 178 valence electrons. The van der Waals surface area contributed by atoms with Gasteiger partial charge in [-0.1, -0.05) is 62.4 Å². The third-order valence-electron chi connectivity index (χ3n) is 6.24. The number of aliphatic hydroxyl groups excluding tert-OH is 1. The SMILES string of the molecule is CC(C)c1ncc([C@@H]2[C@H](O)[C@@H](C(=O)NCc3ccccc3)C[C@H]2NC(=O)Nc2ccccc2)[nH]1. The van der Waals surface area contributed by atoms with Crippen molar-refractivity contribution in [2.75, 3.05) is 5.32 Å². The van der Waals surface area contributed by atoms with E-state index >= 15 is 0 Å². The fraction of sp³-hybridized carbons (Fsp3) is 0.346. The molecule has 3 amide bonds. The summed E-state index contributed by atoms with van der Waals surface area (Å²) in [6.45, 7) is 4.43. The number of anilines is 1. The second-order valence-electron chi connectivity index (χ2n) is 9.01. The van der Waals surface area contributed by atoms with Gasteiger partial charge in [0.1, 0.15) is 5.82 Å². The highest BCUT2D eigenvalue weighted by Gasteiger charge is 2.47. The number of benzene rings is 2. The van der Waals surface area contributed by atoms with Crippen molar-refractivity contribution in [2.45, 2.75) is 50.8 Å². The van der Waals surface area contributed by atoms with Gasteiger partial charge in [-0.2, -0.15) is 0 Å². The predicted octanol–water partition coefficient (Wildman–Crippen LogP) is 3.50. The Morgan fingerprint density at radius 3 is 2.41 bits per heavy atom. The van der Waals surface area contributed by atoms with E-state index in [1.165, 1.54) is 0 Å². The molecule has 0 aliphatic heterocycles. The van der Waals surface area contributed by atoms with E-state index in [0.29, 0.717) is 24.3 Å². The molecule has 8 nitrogen and oxygen atoms in total. The van der Waals surface area contributed by atoms with Crippen molar-refractivity contribution in [1.82, 2.24) is 20.6 Å². The van der Waals surface area contributed by atoms with E-state index < -0.39 is 24.0 Å². The Balaban J connectivity index is 1.50. The number of carbonyl (C=O) groups is 2. The molecule has 34 heavy (non-hydrogen) atoms. The Bertz CT molecular complexity index is 1100. The second-order valence-corrected chi connectivity index (χ2v) is 9.01. The molecule has 3 aromatic rings. The van der Waals surface area contributed by atoms with Crippen LogP contribution in [0, 0.1) is 5.92 Å². The first-order valence-electron chi connectivity index (χ1n) is 11.6. The molecule has 1 saturated carbocycles. The molecule has 1 aliphatic carbocycles. The average molecular weight is 462 g/mol. The van der Waals surface area contributed by atoms with Crippen molar-refractivity contribution >= 4 is 17.6 Å². The number of rotatable bonds is 7. The summed E-state index contributed by atoms with van der Waals surface area (Å²) in [5, 5.41) is 19.9. The molecule has 2 aromatic carbocycles. The van der Waals surface area contributed by atoms with Gasteiger partial charge in [0.2, 0.25) is 5.91 Å². The van der Waals surface area contributed by atoms with E-state index in [9.17, 15) is 14.7 Å². The molecule has 1 fully saturated rings. The fourth-order valence-electron chi connectivity index (χ4n) is 4.45. The van der Waals surface area contributed by atoms with Gasteiger partial charge in [0.05, 0.1) is 12.0 Å². The molecule has 5 N–H and O–H groups in total. The lowest BCUT2D eigenvalue weighted by molar-refractivity contribution is -0.127. The standard InChI is InChI=1S/C26H31N5O3/c1-16(2)24-27-15-21(30-24)22-20(31-26(34)29-18-11-7-4-8-12-18)13-19(23(22)32)25(33)28-14-17-9-5-3-6-10-17/h3-12,15-16,19-20,22-23,32H,13-14H2,1-2H3,(H,27,30)(H,28,33)(H2,29,31,34)/t19-,20+,22+,23+/m0/s1. The van der Waals surface area contributed by atoms with Crippen LogP contribution in [0.1, 0.15) is 49.2 Å². The average Bonchev–Trinajstić information content (AvgIpc) is 3.43. The number of para-hydroxylation sites is 1. The molecule has 0 spiro atoms. The quantitative estimate of drug-likeness (QED) is 0.370. The Kier molecular flexibility index (Phi) is 7.27. The minimum absolute atomic E-state index is 0.185. The second kappa shape index (κ2) is 10.5. The molecule has 1 aromatic heterocycles. The molecule has 4 atom stereocenters. The first-order valence-corrected chi connectivity index (χ1v) is 11.6. The lowest BCUT2D eigenvalue weighted by atomic mass is 9.96. The summed E-state index contributed by atoms with van der Waals surface area (Å²) in [4.78, 5) is 33.4. The van der Waals surface area contributed by atoms with E-state index in [1.807, 2.05) is 62.4 Å². The van der Waals surface area contributed by atoms with Crippen molar-refractivity contribution < 1.29 is 14.7 Å². The van der Waals surface area contributed by atoms with Gasteiger partial charge < -0.3 is 26.0 Å². The van der Waals surface area contributed by atoms with Gasteiger partial charge in [-0.05, 0) is 24.1 Å². The van der Waals surface area contributed by atoms with Crippen molar-refractivity contribution in [1.29, 1.82) is 0 Å². The number of hydrogen-bond acceptors (Lipinski definition) is 4. The number of urea groups is 1. The normalized spacial score (nSPS) is 21.9. The highest BCUT2D eigenvalue weighted by Crippen LogP contribution is 2.39. The number of carbonyl (C=O) groups excluding carboxylic acids is 2. The van der Waals surface area contributed by atoms with Gasteiger partial charge in [0.15, 0.2) is 0 Å². The Morgan fingerprint density at radius 1 is 1.09 bits per heavy atom. The molecule has 0 bridgehead atoms. The molecular weight excluding hydrogens is 430 g/mol. The number of aliphatic hydroxyl groups is 1. The summed E-state index contributed by atoms with van der Waals surface area (Å²) in [7, 11) is 0. The maximum atomic E-state index is 13.0. The molecule has 1 aliphatic rings. The highest BCUT2D eigenvalue weighted by atomic mass is 16.3. The predicted molar refractivity (Wildman–Crippen MR) is 130 cm³/mol. The number of H-pyrrole nitrogens is 1. The number of aromatic nitrogens is 2. The third-order valence-corrected chi connectivity index (χ3v) is 6.24. The summed E-state index contributed by atoms with van der Waals surface area (Å²) in [6.07, 6.45) is 1.03. The molecule has 8 heteroatoms. The zero-order valence-electron chi connectivity index (χ0n) is 19.4. The monoisotopic (exact) mass is 461 g/mol. The van der Waals surface area contributed by atoms with E-state index in [0.717, 1.165) is 11.4 Å². The highest BCUT2D eigenvalue weighted by molar-refractivity contribution is 5.89. The lowest BCUT2D eigenvalue weighted by Gasteiger charge is -2.22. The van der Waals surface area contributed by atoms with Crippen LogP contribution in [-0.2, 0) is 11.3 Å². The number of aromatic amines is 1. The summed E-state index contributed by atoms with van der Waals surface area (Å²) in [5.74, 6) is -0.412. The Hall–Kier alpha value is -3.65. The maximum absolute atomic E-state index is 13.0. The largest absolute Gasteiger partial charge is 0.392 e. The van der Waals surface area contributed by atoms with Gasteiger partial charge >= 0.3 is 6.03 Å². The number of nitrogens with one attached hydrogen (secondary N) is 4. The van der Waals surface area contributed by atoms with Crippen LogP contribution in [-0.4, -0.2) is 39.2 Å². The van der Waals surface area contributed by atoms with Crippen LogP contribution in [0.2, 0.25) is 0 Å². The van der Waals surface area contributed by atoms with Crippen molar-refractivity contribution in [3.63, 3.8) is 0 Å². The summed E-state index contributed by atoms with van der Waals surface area (Å²) in [6, 6.07) is 17.9. The zero-order valence-corrected chi connectivity index (χ0v) is 19.4. The zero-order chi connectivity index (χ0) is 24.1. The van der Waals surface area contributed by atoms with E-state index in [4.69, 9.17) is 0 Å². The number of amides is 3. The van der Waals surface area contributed by atoms with Gasteiger partial charge in [-0.3, -0.25) is 4.79 Å². The topological polar surface area (TPSA) is 119 Å². The number of imidazole rings is 1. The number of nitrogens with zero attached hydrogens (tertiary/aromatic N) is 1. The Morgan fingerprint density at radius 2 is 1.76 bits per heavy atom. The van der Waals surface area contributed by atoms with Crippen molar-refractivity contribution in [3.05, 3.63) is 83.9 Å². The van der Waals surface area contributed by atoms with Crippen LogP contribution in [0.15, 0.2) is 66.9 Å². The van der Waals surface area contributed by atoms with Crippen LogP contribution in [0.25, 0.3) is 0 Å². The van der Waals surface area contributed by atoms with Crippen molar-refractivity contribution in [2.24, 2.45) is 5.92 Å². The van der Waals surface area contributed by atoms with E-state index in [-0.39, 0.29) is 17.9 Å². The molecule has 0 saturated heterocycles. The van der Waals surface area contributed by atoms with Crippen LogP contribution in [0.5, 0.6) is 0 Å². The Labute approximate surface area is 199 Å². The minimum atomic E-state index is -0.974. The summed E-state index contributed by atoms with van der Waals surface area (Å²) in [5.41, 5.74) is 2.35. The molecule has 0 unspecified atom stereocenters. The van der Waals surface area contributed by atoms with Crippen LogP contribution >= 0.6 is 0 Å². The van der Waals surface area contributed by atoms with Gasteiger partial charge in [0.25, 0.3) is 0 Å². The summed E-state index contributed by atoms with van der Waals surface area (Å²) < 4.78 is 0. The van der Waals surface area contributed by atoms with E-state index in [2.05, 4.69) is 25.9 Å². The molecule has 1 heterocycles. The van der Waals surface area contributed by atoms with Crippen molar-refractivity contribution in [3.8, 4) is 0 Å². The smallest absolute Gasteiger partial charge is 0.319 e. The third kappa shape index (κ3) is 5.46. The minimum Gasteiger partial charge on any atom is -0.392 e. The fourth-order valence-corrected chi connectivity index (χ4v) is 4.45.